The SMILES string of the molecule is [C]1=CCSc2ccccc21. The number of thioether (sulfide) groups is 1. The average Bonchev–Trinajstić information content (AvgIpc) is 2.05. The van der Waals surface area contributed by atoms with Crippen LogP contribution in [0.2, 0.25) is 0 Å². The number of fused-ring (bicyclic) bond motifs is 1. The molecule has 1 radical (unpaired) electrons. The summed E-state index contributed by atoms with van der Waals surface area (Å²) in [6, 6.07) is 8.35. The molecule has 1 aliphatic rings. The number of hydrogen-bond donors (Lipinski definition) is 0. The standard InChI is InChI=1S/C9H7S/c1-2-6-9-8(4-1)5-3-7-10-9/h1-4,6H,7H2. The lowest BCUT2D eigenvalue weighted by atomic mass is 10.2. The van der Waals surface area contributed by atoms with Gasteiger partial charge in [0.05, 0.1) is 0 Å². The van der Waals surface area contributed by atoms with E-state index in [1.807, 2.05) is 17.8 Å². The summed E-state index contributed by atoms with van der Waals surface area (Å²) in [5.74, 6) is 1.07. The Bertz CT molecular complexity index is 263. The van der Waals surface area contributed by atoms with E-state index >= 15 is 0 Å². The van der Waals surface area contributed by atoms with Crippen LogP contribution in [-0.2, 0) is 0 Å². The van der Waals surface area contributed by atoms with E-state index < -0.39 is 0 Å². The molecule has 0 atom stereocenters. The highest BCUT2D eigenvalue weighted by molar-refractivity contribution is 7.99. The molecule has 0 fully saturated rings. The maximum atomic E-state index is 3.22. The van der Waals surface area contributed by atoms with Gasteiger partial charge in [0.15, 0.2) is 0 Å². The minimum atomic E-state index is 1.07. The van der Waals surface area contributed by atoms with E-state index in [0.717, 1.165) is 5.75 Å². The Balaban J connectivity index is 2.54. The van der Waals surface area contributed by atoms with Gasteiger partial charge in [0.2, 0.25) is 0 Å². The molecule has 1 heteroatoms. The van der Waals surface area contributed by atoms with Gasteiger partial charge in [0, 0.05) is 10.6 Å². The molecule has 0 bridgehead atoms. The smallest absolute Gasteiger partial charge is 0.0170 e. The fourth-order valence-corrected chi connectivity index (χ4v) is 1.80. The molecule has 1 aromatic rings. The number of benzene rings is 1. The zero-order valence-electron chi connectivity index (χ0n) is 5.50. The van der Waals surface area contributed by atoms with Gasteiger partial charge in [-0.1, -0.05) is 24.3 Å². The molecule has 0 amide bonds. The summed E-state index contributed by atoms with van der Waals surface area (Å²) >= 11 is 1.87. The van der Waals surface area contributed by atoms with Gasteiger partial charge in [-0.3, -0.25) is 0 Å². The molecular weight excluding hydrogens is 140 g/mol. The molecule has 10 heavy (non-hydrogen) atoms. The lowest BCUT2D eigenvalue weighted by Crippen LogP contribution is -1.86. The van der Waals surface area contributed by atoms with Gasteiger partial charge in [-0.2, -0.15) is 0 Å². The number of hydrogen-bond acceptors (Lipinski definition) is 1. The minimum absolute atomic E-state index is 1.07. The van der Waals surface area contributed by atoms with Crippen molar-refractivity contribution < 1.29 is 0 Å². The highest BCUT2D eigenvalue weighted by Crippen LogP contribution is 2.25. The Labute approximate surface area is 65.0 Å². The molecule has 0 nitrogen and oxygen atoms in total. The second kappa shape index (κ2) is 2.51. The van der Waals surface area contributed by atoms with Crippen LogP contribution in [0.25, 0.3) is 0 Å². The zero-order chi connectivity index (χ0) is 6.81. The van der Waals surface area contributed by atoms with Crippen LogP contribution in [0, 0.1) is 6.08 Å². The van der Waals surface area contributed by atoms with Crippen LogP contribution >= 0.6 is 11.8 Å². The zero-order valence-corrected chi connectivity index (χ0v) is 6.32. The quantitative estimate of drug-likeness (QED) is 0.543. The maximum absolute atomic E-state index is 3.22. The van der Waals surface area contributed by atoms with Crippen molar-refractivity contribution in [2.24, 2.45) is 0 Å². The van der Waals surface area contributed by atoms with Crippen LogP contribution in [0.3, 0.4) is 0 Å². The van der Waals surface area contributed by atoms with Crippen LogP contribution in [-0.4, -0.2) is 5.75 Å². The molecule has 0 saturated heterocycles. The van der Waals surface area contributed by atoms with Crippen LogP contribution in [0.15, 0.2) is 35.2 Å². The van der Waals surface area contributed by atoms with Crippen LogP contribution < -0.4 is 0 Å². The molecule has 1 aromatic carbocycles. The molecule has 0 unspecified atom stereocenters. The molecule has 0 saturated carbocycles. The second-order valence-electron chi connectivity index (χ2n) is 2.16. The van der Waals surface area contributed by atoms with Crippen molar-refractivity contribution in [3.63, 3.8) is 0 Å². The molecule has 0 N–H and O–H groups in total. The summed E-state index contributed by atoms with van der Waals surface area (Å²) in [6.45, 7) is 0. The lowest BCUT2D eigenvalue weighted by molar-refractivity contribution is 1.34. The topological polar surface area (TPSA) is 0 Å². The summed E-state index contributed by atoms with van der Waals surface area (Å²) in [7, 11) is 0. The van der Waals surface area contributed by atoms with E-state index in [4.69, 9.17) is 0 Å². The maximum Gasteiger partial charge on any atom is 0.0170 e. The molecule has 2 rings (SSSR count). The molecule has 49 valence electrons. The molecule has 0 aromatic heterocycles. The van der Waals surface area contributed by atoms with Crippen LogP contribution in [0.1, 0.15) is 5.56 Å². The van der Waals surface area contributed by atoms with Crippen LogP contribution in [0.5, 0.6) is 0 Å². The van der Waals surface area contributed by atoms with Gasteiger partial charge in [0.25, 0.3) is 0 Å². The van der Waals surface area contributed by atoms with Gasteiger partial charge in [-0.25, -0.2) is 0 Å². The highest BCUT2D eigenvalue weighted by Gasteiger charge is 2.01. The van der Waals surface area contributed by atoms with Crippen molar-refractivity contribution in [3.8, 4) is 0 Å². The van der Waals surface area contributed by atoms with Gasteiger partial charge in [0.1, 0.15) is 0 Å². The minimum Gasteiger partial charge on any atom is -0.121 e. The van der Waals surface area contributed by atoms with E-state index in [2.05, 4.69) is 30.4 Å². The van der Waals surface area contributed by atoms with Crippen molar-refractivity contribution in [2.75, 3.05) is 5.75 Å². The normalized spacial score (nSPS) is 14.8. The highest BCUT2D eigenvalue weighted by atomic mass is 32.2. The Morgan fingerprint density at radius 2 is 2.20 bits per heavy atom. The van der Waals surface area contributed by atoms with Crippen molar-refractivity contribution in [3.05, 3.63) is 42.0 Å². The first-order valence-corrected chi connectivity index (χ1v) is 4.25. The molecule has 0 spiro atoms. The fourth-order valence-electron chi connectivity index (χ4n) is 0.995. The molecule has 1 heterocycles. The van der Waals surface area contributed by atoms with Gasteiger partial charge in [-0.05, 0) is 17.7 Å². The van der Waals surface area contributed by atoms with Crippen LogP contribution in [0.4, 0.5) is 0 Å². The van der Waals surface area contributed by atoms with E-state index in [0.29, 0.717) is 0 Å². The number of rotatable bonds is 0. The lowest BCUT2D eigenvalue weighted by Gasteiger charge is -2.06. The Hall–Kier alpha value is -0.690. The van der Waals surface area contributed by atoms with E-state index in [9.17, 15) is 0 Å². The summed E-state index contributed by atoms with van der Waals surface area (Å²) in [6.07, 6.45) is 5.29. The van der Waals surface area contributed by atoms with Crippen molar-refractivity contribution in [1.82, 2.24) is 0 Å². The Kier molecular flexibility index (Phi) is 1.52. The summed E-state index contributed by atoms with van der Waals surface area (Å²) < 4.78 is 0. The van der Waals surface area contributed by atoms with Crippen molar-refractivity contribution in [2.45, 2.75) is 4.90 Å². The fraction of sp³-hybridized carbons (Fsp3) is 0.111. The third kappa shape index (κ3) is 0.971. The van der Waals surface area contributed by atoms with Crippen molar-refractivity contribution in [1.29, 1.82) is 0 Å². The van der Waals surface area contributed by atoms with Gasteiger partial charge < -0.3 is 0 Å². The Morgan fingerprint density at radius 1 is 1.30 bits per heavy atom. The largest absolute Gasteiger partial charge is 0.121 e. The monoisotopic (exact) mass is 147 g/mol. The molecular formula is C9H7S. The predicted octanol–water partition coefficient (Wildman–Crippen LogP) is 2.50. The van der Waals surface area contributed by atoms with Gasteiger partial charge >= 0.3 is 0 Å². The first kappa shape index (κ1) is 6.05. The van der Waals surface area contributed by atoms with E-state index in [1.54, 1.807) is 0 Å². The predicted molar refractivity (Wildman–Crippen MR) is 44.1 cm³/mol. The second-order valence-corrected chi connectivity index (χ2v) is 3.22. The first-order valence-electron chi connectivity index (χ1n) is 3.27. The third-order valence-electron chi connectivity index (χ3n) is 1.47. The Morgan fingerprint density at radius 3 is 3.10 bits per heavy atom. The first-order chi connectivity index (χ1) is 4.97. The third-order valence-corrected chi connectivity index (χ3v) is 2.47. The van der Waals surface area contributed by atoms with E-state index in [1.165, 1.54) is 10.5 Å². The summed E-state index contributed by atoms with van der Waals surface area (Å²) in [5.41, 5.74) is 1.23. The van der Waals surface area contributed by atoms with Gasteiger partial charge in [-0.15, -0.1) is 11.8 Å². The van der Waals surface area contributed by atoms with E-state index in [-0.39, 0.29) is 0 Å². The average molecular weight is 147 g/mol. The van der Waals surface area contributed by atoms with Crippen molar-refractivity contribution >= 4 is 11.8 Å². The summed E-state index contributed by atoms with van der Waals surface area (Å²) in [4.78, 5) is 1.35. The molecule has 1 aliphatic heterocycles. The summed E-state index contributed by atoms with van der Waals surface area (Å²) in [5, 5.41) is 0. The molecule has 0 aliphatic carbocycles.